The molecule has 0 rings (SSSR count). The minimum Gasteiger partial charge on any atom is -0.297 e. The average Bonchev–Trinajstić information content (AvgIpc) is 1.65. The summed E-state index contributed by atoms with van der Waals surface area (Å²) in [6, 6.07) is 0. The number of halogens is 2. The summed E-state index contributed by atoms with van der Waals surface area (Å²) < 4.78 is 1.38. The number of rotatable bonds is 1. The van der Waals surface area contributed by atoms with Crippen LogP contribution in [0.5, 0.6) is 0 Å². The van der Waals surface area contributed by atoms with Gasteiger partial charge in [-0.1, -0.05) is 15.9 Å². The third-order valence-corrected chi connectivity index (χ3v) is 2.17. The van der Waals surface area contributed by atoms with Gasteiger partial charge in [-0.15, -0.1) is 0 Å². The van der Waals surface area contributed by atoms with Gasteiger partial charge in [-0.2, -0.15) is 0 Å². The molecule has 0 aromatic carbocycles. The van der Waals surface area contributed by atoms with Crippen molar-refractivity contribution in [2.75, 3.05) is 0 Å². The highest BCUT2D eigenvalue weighted by Gasteiger charge is 1.88. The fraction of sp³-hybridized carbons (Fsp3) is 0.250. The number of hydrogen-bond donors (Lipinski definition) is 0. The number of aldehydes is 1. The molecule has 0 saturated heterocycles. The van der Waals surface area contributed by atoms with Gasteiger partial charge in [0.1, 0.15) is 0 Å². The van der Waals surface area contributed by atoms with Crippen LogP contribution in [0.1, 0.15) is 6.92 Å². The van der Waals surface area contributed by atoms with Crippen molar-refractivity contribution in [1.29, 1.82) is 0 Å². The molecule has 0 aliphatic heterocycles. The van der Waals surface area contributed by atoms with Crippen molar-refractivity contribution >= 4 is 38.1 Å². The molecule has 40 valence electrons. The fourth-order valence-corrected chi connectivity index (χ4v) is 0.175. The van der Waals surface area contributed by atoms with Gasteiger partial charge in [0.15, 0.2) is 6.29 Å². The Balaban J connectivity index is 3.98. The van der Waals surface area contributed by atoms with E-state index in [0.717, 1.165) is 10.8 Å². The molecule has 0 radical (unpaired) electrons. The zero-order valence-electron chi connectivity index (χ0n) is 3.74. The molecule has 0 heterocycles. The van der Waals surface area contributed by atoms with Crippen LogP contribution in [0.3, 0.4) is 0 Å². The predicted molar refractivity (Wildman–Crippen MR) is 36.6 cm³/mol. The lowest BCUT2D eigenvalue weighted by molar-refractivity contribution is -0.104. The molecule has 0 aromatic rings. The van der Waals surface area contributed by atoms with E-state index >= 15 is 0 Å². The van der Waals surface area contributed by atoms with Crippen LogP contribution in [0.15, 0.2) is 8.96 Å². The predicted octanol–water partition coefficient (Wildman–Crippen LogP) is 2.21. The smallest absolute Gasteiger partial charge is 0.157 e. The molecule has 1 nitrogen and oxygen atoms in total. The van der Waals surface area contributed by atoms with E-state index in [1.165, 1.54) is 0 Å². The first kappa shape index (κ1) is 7.37. The van der Waals surface area contributed by atoms with Crippen molar-refractivity contribution in [3.05, 3.63) is 8.96 Å². The molecule has 0 bridgehead atoms. The number of allylic oxidation sites excluding steroid dienone is 2. The summed E-state index contributed by atoms with van der Waals surface area (Å²) >= 11 is 6.11. The van der Waals surface area contributed by atoms with E-state index in [2.05, 4.69) is 31.9 Å². The highest BCUT2D eigenvalue weighted by molar-refractivity contribution is 9.14. The average molecular weight is 228 g/mol. The van der Waals surface area contributed by atoms with Crippen LogP contribution in [-0.2, 0) is 4.79 Å². The molecule has 3 heteroatoms. The van der Waals surface area contributed by atoms with Crippen molar-refractivity contribution in [3.63, 3.8) is 0 Å². The van der Waals surface area contributed by atoms with Gasteiger partial charge in [-0.3, -0.25) is 4.79 Å². The van der Waals surface area contributed by atoms with Gasteiger partial charge in [-0.05, 0) is 22.9 Å². The summed E-state index contributed by atoms with van der Waals surface area (Å²) in [7, 11) is 0. The lowest BCUT2D eigenvalue weighted by Gasteiger charge is -1.82. The molecule has 0 aliphatic carbocycles. The second-order valence-corrected chi connectivity index (χ2v) is 3.04. The van der Waals surface area contributed by atoms with Gasteiger partial charge in [0.05, 0.1) is 4.48 Å². The third kappa shape index (κ3) is 3.00. The van der Waals surface area contributed by atoms with Gasteiger partial charge in [0.25, 0.3) is 0 Å². The number of hydrogen-bond acceptors (Lipinski definition) is 1. The van der Waals surface area contributed by atoms with Crippen molar-refractivity contribution in [1.82, 2.24) is 0 Å². The second kappa shape index (κ2) is 3.38. The zero-order valence-corrected chi connectivity index (χ0v) is 6.91. The Kier molecular flexibility index (Phi) is 3.56. The van der Waals surface area contributed by atoms with Crippen LogP contribution in [0, 0.1) is 0 Å². The minimum atomic E-state index is 0.563. The molecule has 0 N–H and O–H groups in total. The van der Waals surface area contributed by atoms with E-state index in [9.17, 15) is 4.79 Å². The quantitative estimate of drug-likeness (QED) is 0.496. The van der Waals surface area contributed by atoms with Gasteiger partial charge < -0.3 is 0 Å². The van der Waals surface area contributed by atoms with E-state index in [4.69, 9.17) is 0 Å². The van der Waals surface area contributed by atoms with Crippen molar-refractivity contribution in [3.8, 4) is 0 Å². The zero-order chi connectivity index (χ0) is 5.86. The molecule has 7 heavy (non-hydrogen) atoms. The van der Waals surface area contributed by atoms with E-state index in [1.54, 1.807) is 6.92 Å². The molecule has 0 spiro atoms. The van der Waals surface area contributed by atoms with Gasteiger partial charge in [0.2, 0.25) is 0 Å². The molecule has 0 aromatic heterocycles. The monoisotopic (exact) mass is 226 g/mol. The van der Waals surface area contributed by atoms with Crippen molar-refractivity contribution in [2.45, 2.75) is 6.92 Å². The van der Waals surface area contributed by atoms with Crippen LogP contribution in [0.25, 0.3) is 0 Å². The molecular formula is C4H4Br2O. The van der Waals surface area contributed by atoms with Crippen LogP contribution in [-0.4, -0.2) is 6.29 Å². The van der Waals surface area contributed by atoms with E-state index in [1.807, 2.05) is 0 Å². The van der Waals surface area contributed by atoms with Gasteiger partial charge >= 0.3 is 0 Å². The van der Waals surface area contributed by atoms with E-state index in [-0.39, 0.29) is 0 Å². The van der Waals surface area contributed by atoms with E-state index < -0.39 is 0 Å². The minimum absolute atomic E-state index is 0.563. The van der Waals surface area contributed by atoms with Crippen molar-refractivity contribution in [2.24, 2.45) is 0 Å². The molecule has 0 aliphatic rings. The standard InChI is InChI=1S/C4H4Br2O/c1-3(5)4(6)2-7/h2H,1H3/b4-3-. The van der Waals surface area contributed by atoms with Crippen LogP contribution < -0.4 is 0 Å². The molecule has 0 unspecified atom stereocenters. The first-order valence-electron chi connectivity index (χ1n) is 1.65. The van der Waals surface area contributed by atoms with Crippen LogP contribution in [0.4, 0.5) is 0 Å². The lowest BCUT2D eigenvalue weighted by atomic mass is 10.6. The number of carbonyl (C=O) groups excluding carboxylic acids is 1. The highest BCUT2D eigenvalue weighted by atomic mass is 79.9. The number of carbonyl (C=O) groups is 1. The Bertz CT molecular complexity index is 102. The summed E-state index contributed by atoms with van der Waals surface area (Å²) in [4.78, 5) is 9.81. The first-order valence-corrected chi connectivity index (χ1v) is 3.24. The Morgan fingerprint density at radius 3 is 2.00 bits per heavy atom. The maximum absolute atomic E-state index is 9.81. The second-order valence-electron chi connectivity index (χ2n) is 0.999. The normalized spacial score (nSPS) is 13.0. The largest absolute Gasteiger partial charge is 0.297 e. The summed E-state index contributed by atoms with van der Waals surface area (Å²) in [5, 5.41) is 0. The molecular weight excluding hydrogens is 224 g/mol. The first-order chi connectivity index (χ1) is 3.18. The summed E-state index contributed by atoms with van der Waals surface area (Å²) in [6.07, 6.45) is 0.740. The van der Waals surface area contributed by atoms with E-state index in [0.29, 0.717) is 4.48 Å². The summed E-state index contributed by atoms with van der Waals surface area (Å²) in [5.74, 6) is 0. The summed E-state index contributed by atoms with van der Waals surface area (Å²) in [5.41, 5.74) is 0. The van der Waals surface area contributed by atoms with Crippen molar-refractivity contribution < 1.29 is 4.79 Å². The third-order valence-electron chi connectivity index (χ3n) is 0.433. The maximum Gasteiger partial charge on any atom is 0.157 e. The van der Waals surface area contributed by atoms with Gasteiger partial charge in [0, 0.05) is 4.48 Å². The fourth-order valence-electron chi connectivity index (χ4n) is 0.0812. The van der Waals surface area contributed by atoms with Crippen LogP contribution in [0.2, 0.25) is 0 Å². The molecule has 0 atom stereocenters. The Labute approximate surface area is 59.0 Å². The molecule has 0 saturated carbocycles. The highest BCUT2D eigenvalue weighted by Crippen LogP contribution is 2.13. The van der Waals surface area contributed by atoms with Gasteiger partial charge in [-0.25, -0.2) is 0 Å². The Morgan fingerprint density at radius 1 is 1.57 bits per heavy atom. The molecule has 0 amide bonds. The maximum atomic E-state index is 9.81. The Morgan fingerprint density at radius 2 is 2.00 bits per heavy atom. The topological polar surface area (TPSA) is 17.1 Å². The lowest BCUT2D eigenvalue weighted by Crippen LogP contribution is -1.70. The Hall–Kier alpha value is 0.370. The summed E-state index contributed by atoms with van der Waals surface area (Å²) in [6.45, 7) is 1.79. The van der Waals surface area contributed by atoms with Crippen LogP contribution >= 0.6 is 31.9 Å². The molecule has 0 fully saturated rings. The SMILES string of the molecule is C/C(Br)=C(/Br)C=O.